The van der Waals surface area contributed by atoms with Crippen LogP contribution in [0.25, 0.3) is 0 Å². The molecule has 0 aliphatic rings. The number of benzene rings is 1. The Balaban J connectivity index is 2.01. The third-order valence-corrected chi connectivity index (χ3v) is 4.23. The van der Waals surface area contributed by atoms with Crippen molar-refractivity contribution < 1.29 is 9.53 Å². The standard InChI is InChI=1S/C14H13Cl2NO2S/c1-8(2)14-17-10(7-20-14)6-13(18)19-12-4-3-9(15)5-11(12)16/h3-5,7-8H,6H2,1-2H3. The lowest BCUT2D eigenvalue weighted by Gasteiger charge is -2.05. The van der Waals surface area contributed by atoms with Gasteiger partial charge in [0.1, 0.15) is 5.75 Å². The lowest BCUT2D eigenvalue weighted by atomic mass is 10.2. The van der Waals surface area contributed by atoms with Crippen LogP contribution < -0.4 is 4.74 Å². The summed E-state index contributed by atoms with van der Waals surface area (Å²) in [6.45, 7) is 4.13. The van der Waals surface area contributed by atoms with Gasteiger partial charge in [0.05, 0.1) is 22.1 Å². The van der Waals surface area contributed by atoms with Crippen molar-refractivity contribution >= 4 is 40.5 Å². The Morgan fingerprint density at radius 1 is 1.40 bits per heavy atom. The van der Waals surface area contributed by atoms with E-state index < -0.39 is 5.97 Å². The molecule has 1 heterocycles. The molecule has 106 valence electrons. The van der Waals surface area contributed by atoms with Gasteiger partial charge in [0, 0.05) is 16.3 Å². The molecule has 0 aliphatic carbocycles. The van der Waals surface area contributed by atoms with E-state index in [1.807, 2.05) is 5.38 Å². The quantitative estimate of drug-likeness (QED) is 0.601. The maximum Gasteiger partial charge on any atom is 0.317 e. The SMILES string of the molecule is CC(C)c1nc(CC(=O)Oc2ccc(Cl)cc2Cl)cs1. The van der Waals surface area contributed by atoms with E-state index in [1.54, 1.807) is 23.5 Å². The number of aromatic nitrogens is 1. The summed E-state index contributed by atoms with van der Waals surface area (Å²) < 4.78 is 5.21. The Bertz CT molecular complexity index is 625. The molecule has 0 fully saturated rings. The number of hydrogen-bond donors (Lipinski definition) is 0. The van der Waals surface area contributed by atoms with Gasteiger partial charge in [-0.1, -0.05) is 37.0 Å². The van der Waals surface area contributed by atoms with Gasteiger partial charge in [-0.15, -0.1) is 11.3 Å². The Kier molecular flexibility index (Phi) is 5.02. The van der Waals surface area contributed by atoms with Gasteiger partial charge in [-0.2, -0.15) is 0 Å². The first-order chi connectivity index (χ1) is 9.45. The van der Waals surface area contributed by atoms with Gasteiger partial charge in [-0.05, 0) is 18.2 Å². The summed E-state index contributed by atoms with van der Waals surface area (Å²) in [5.41, 5.74) is 0.716. The van der Waals surface area contributed by atoms with Gasteiger partial charge in [-0.25, -0.2) is 4.98 Å². The summed E-state index contributed by atoms with van der Waals surface area (Å²) in [6, 6.07) is 4.73. The molecule has 20 heavy (non-hydrogen) atoms. The van der Waals surface area contributed by atoms with E-state index in [1.165, 1.54) is 6.07 Å². The monoisotopic (exact) mass is 329 g/mol. The van der Waals surface area contributed by atoms with E-state index in [0.717, 1.165) is 5.01 Å². The maximum atomic E-state index is 11.8. The number of carbonyl (C=O) groups excluding carboxylic acids is 1. The van der Waals surface area contributed by atoms with Crippen LogP contribution in [-0.4, -0.2) is 11.0 Å². The molecule has 2 aromatic rings. The molecule has 0 saturated carbocycles. The van der Waals surface area contributed by atoms with Gasteiger partial charge in [0.25, 0.3) is 0 Å². The van der Waals surface area contributed by atoms with E-state index >= 15 is 0 Å². The van der Waals surface area contributed by atoms with Crippen molar-refractivity contribution in [1.29, 1.82) is 0 Å². The summed E-state index contributed by atoms with van der Waals surface area (Å²) in [6.07, 6.45) is 0.127. The topological polar surface area (TPSA) is 39.2 Å². The number of esters is 1. The zero-order valence-electron chi connectivity index (χ0n) is 11.0. The average molecular weight is 330 g/mol. The van der Waals surface area contributed by atoms with E-state index in [0.29, 0.717) is 27.4 Å². The highest BCUT2D eigenvalue weighted by molar-refractivity contribution is 7.09. The third kappa shape index (κ3) is 3.95. The van der Waals surface area contributed by atoms with E-state index in [-0.39, 0.29) is 6.42 Å². The smallest absolute Gasteiger partial charge is 0.317 e. The Morgan fingerprint density at radius 2 is 2.15 bits per heavy atom. The van der Waals surface area contributed by atoms with Crippen LogP contribution in [0.2, 0.25) is 10.0 Å². The number of carbonyl (C=O) groups is 1. The summed E-state index contributed by atoms with van der Waals surface area (Å²) in [5, 5.41) is 3.69. The van der Waals surface area contributed by atoms with Crippen molar-refractivity contribution in [1.82, 2.24) is 4.98 Å². The minimum Gasteiger partial charge on any atom is -0.425 e. The molecule has 6 heteroatoms. The third-order valence-electron chi connectivity index (χ3n) is 2.51. The summed E-state index contributed by atoms with van der Waals surface area (Å²) >= 11 is 13.3. The number of ether oxygens (including phenoxy) is 1. The Hall–Kier alpha value is -1.10. The predicted molar refractivity (Wildman–Crippen MR) is 82.0 cm³/mol. The van der Waals surface area contributed by atoms with Gasteiger partial charge >= 0.3 is 5.97 Å². The van der Waals surface area contributed by atoms with Crippen molar-refractivity contribution in [2.24, 2.45) is 0 Å². The number of hydrogen-bond acceptors (Lipinski definition) is 4. The van der Waals surface area contributed by atoms with Crippen LogP contribution in [0.3, 0.4) is 0 Å². The summed E-state index contributed by atoms with van der Waals surface area (Å²) in [7, 11) is 0. The lowest BCUT2D eigenvalue weighted by molar-refractivity contribution is -0.133. The molecular formula is C14H13Cl2NO2S. The van der Waals surface area contributed by atoms with E-state index in [9.17, 15) is 4.79 Å². The highest BCUT2D eigenvalue weighted by Crippen LogP contribution is 2.28. The largest absolute Gasteiger partial charge is 0.425 e. The first-order valence-electron chi connectivity index (χ1n) is 6.05. The van der Waals surface area contributed by atoms with Crippen LogP contribution in [-0.2, 0) is 11.2 Å². The fourth-order valence-electron chi connectivity index (χ4n) is 1.53. The molecule has 0 unspecified atom stereocenters. The van der Waals surface area contributed by atoms with Gasteiger partial charge in [0.15, 0.2) is 0 Å². The second-order valence-electron chi connectivity index (χ2n) is 4.56. The van der Waals surface area contributed by atoms with Crippen molar-refractivity contribution in [3.05, 3.63) is 44.3 Å². The van der Waals surface area contributed by atoms with E-state index in [2.05, 4.69) is 18.8 Å². The van der Waals surface area contributed by atoms with E-state index in [4.69, 9.17) is 27.9 Å². The first-order valence-corrected chi connectivity index (χ1v) is 7.69. The van der Waals surface area contributed by atoms with Crippen molar-refractivity contribution in [3.8, 4) is 5.75 Å². The van der Waals surface area contributed by atoms with Crippen molar-refractivity contribution in [2.45, 2.75) is 26.2 Å². The summed E-state index contributed by atoms with van der Waals surface area (Å²) in [4.78, 5) is 16.2. The zero-order valence-corrected chi connectivity index (χ0v) is 13.4. The highest BCUT2D eigenvalue weighted by atomic mass is 35.5. The van der Waals surface area contributed by atoms with Crippen LogP contribution in [0.1, 0.15) is 30.5 Å². The summed E-state index contributed by atoms with van der Waals surface area (Å²) in [5.74, 6) is 0.269. The molecule has 0 spiro atoms. The second-order valence-corrected chi connectivity index (χ2v) is 6.29. The molecule has 2 rings (SSSR count). The van der Waals surface area contributed by atoms with Crippen LogP contribution in [0.15, 0.2) is 23.6 Å². The minimum atomic E-state index is -0.394. The number of thiazole rings is 1. The number of rotatable bonds is 4. The van der Waals surface area contributed by atoms with Crippen LogP contribution in [0, 0.1) is 0 Å². The molecule has 1 aromatic heterocycles. The van der Waals surface area contributed by atoms with Gasteiger partial charge in [-0.3, -0.25) is 4.79 Å². The molecule has 0 amide bonds. The lowest BCUT2D eigenvalue weighted by Crippen LogP contribution is -2.11. The molecule has 0 atom stereocenters. The minimum absolute atomic E-state index is 0.127. The van der Waals surface area contributed by atoms with Gasteiger partial charge in [0.2, 0.25) is 0 Å². The molecule has 3 nitrogen and oxygen atoms in total. The second kappa shape index (κ2) is 6.57. The predicted octanol–water partition coefficient (Wildman–Crippen LogP) is 4.72. The molecule has 0 radical (unpaired) electrons. The average Bonchev–Trinajstić information content (AvgIpc) is 2.81. The number of halogens is 2. The zero-order chi connectivity index (χ0) is 14.7. The van der Waals surface area contributed by atoms with Crippen molar-refractivity contribution in [3.63, 3.8) is 0 Å². The fourth-order valence-corrected chi connectivity index (χ4v) is 2.82. The molecule has 0 N–H and O–H groups in total. The van der Waals surface area contributed by atoms with Crippen LogP contribution in [0.5, 0.6) is 5.75 Å². The van der Waals surface area contributed by atoms with Crippen molar-refractivity contribution in [2.75, 3.05) is 0 Å². The number of nitrogens with zero attached hydrogens (tertiary/aromatic N) is 1. The highest BCUT2D eigenvalue weighted by Gasteiger charge is 2.13. The maximum absolute atomic E-state index is 11.8. The Morgan fingerprint density at radius 3 is 2.75 bits per heavy atom. The molecule has 0 aliphatic heterocycles. The fraction of sp³-hybridized carbons (Fsp3) is 0.286. The molecular weight excluding hydrogens is 317 g/mol. The van der Waals surface area contributed by atoms with Crippen LogP contribution >= 0.6 is 34.5 Å². The first kappa shape index (κ1) is 15.3. The Labute approximate surface area is 131 Å². The molecule has 1 aromatic carbocycles. The van der Waals surface area contributed by atoms with Gasteiger partial charge < -0.3 is 4.74 Å². The molecule has 0 bridgehead atoms. The normalized spacial score (nSPS) is 10.8. The van der Waals surface area contributed by atoms with Crippen LogP contribution in [0.4, 0.5) is 0 Å². The molecule has 0 saturated heterocycles.